The first-order chi connectivity index (χ1) is 6.36. The van der Waals surface area contributed by atoms with Crippen LogP contribution < -0.4 is 5.56 Å². The van der Waals surface area contributed by atoms with Gasteiger partial charge < -0.3 is 4.98 Å². The maximum Gasteiger partial charge on any atom is 0.263 e. The van der Waals surface area contributed by atoms with Crippen LogP contribution in [-0.4, -0.2) is 14.5 Å². The minimum Gasteiger partial charge on any atom is -0.346 e. The number of nitrogens with one attached hydrogen (secondary N) is 1. The average molecular weight is 175 g/mol. The number of fused-ring (bicyclic) bond motifs is 2. The van der Waals surface area contributed by atoms with E-state index < -0.39 is 0 Å². The molecule has 66 valence electrons. The SMILES string of the molecule is O=c1c2cc[nH]c2nc2n1CCC2. The molecule has 0 amide bonds. The standard InChI is InChI=1S/C9H9N3O/c13-9-6-3-4-10-8(6)11-7-2-1-5-12(7)9/h3-4,10H,1-2,5H2. The molecule has 1 aliphatic heterocycles. The molecule has 1 N–H and O–H groups in total. The molecule has 0 unspecified atom stereocenters. The molecule has 0 saturated heterocycles. The summed E-state index contributed by atoms with van der Waals surface area (Å²) in [5.74, 6) is 0.917. The van der Waals surface area contributed by atoms with Crippen LogP contribution in [0.1, 0.15) is 12.2 Å². The number of hydrogen-bond donors (Lipinski definition) is 1. The number of aryl methyl sites for hydroxylation is 1. The Balaban J connectivity index is 2.53. The molecule has 13 heavy (non-hydrogen) atoms. The number of nitrogens with zero attached hydrogens (tertiary/aromatic N) is 2. The lowest BCUT2D eigenvalue weighted by molar-refractivity contribution is 0.719. The molecule has 0 saturated carbocycles. The molecule has 0 aromatic carbocycles. The molecule has 0 spiro atoms. The fourth-order valence-electron chi connectivity index (χ4n) is 1.89. The zero-order valence-electron chi connectivity index (χ0n) is 7.08. The molecule has 0 fully saturated rings. The highest BCUT2D eigenvalue weighted by Gasteiger charge is 2.15. The Hall–Kier alpha value is -1.58. The molecule has 3 heterocycles. The van der Waals surface area contributed by atoms with Crippen LogP contribution in [0.25, 0.3) is 11.0 Å². The van der Waals surface area contributed by atoms with Gasteiger partial charge in [-0.2, -0.15) is 0 Å². The zero-order valence-corrected chi connectivity index (χ0v) is 7.08. The molecule has 2 aromatic rings. The second-order valence-electron chi connectivity index (χ2n) is 3.33. The Morgan fingerprint density at radius 1 is 1.54 bits per heavy atom. The van der Waals surface area contributed by atoms with E-state index in [0.29, 0.717) is 5.39 Å². The van der Waals surface area contributed by atoms with Crippen LogP contribution in [0.4, 0.5) is 0 Å². The van der Waals surface area contributed by atoms with Crippen molar-refractivity contribution in [3.63, 3.8) is 0 Å². The summed E-state index contributed by atoms with van der Waals surface area (Å²) in [6.45, 7) is 0.822. The molecule has 0 radical (unpaired) electrons. The first-order valence-corrected chi connectivity index (χ1v) is 4.43. The van der Waals surface area contributed by atoms with Gasteiger partial charge in [0.05, 0.1) is 5.39 Å². The molecular weight excluding hydrogens is 166 g/mol. The lowest BCUT2D eigenvalue weighted by Crippen LogP contribution is -2.20. The summed E-state index contributed by atoms with van der Waals surface area (Å²) in [7, 11) is 0. The Morgan fingerprint density at radius 3 is 3.38 bits per heavy atom. The van der Waals surface area contributed by atoms with Crippen molar-refractivity contribution >= 4 is 11.0 Å². The van der Waals surface area contributed by atoms with Gasteiger partial charge in [0, 0.05) is 19.2 Å². The monoisotopic (exact) mass is 175 g/mol. The fourth-order valence-corrected chi connectivity index (χ4v) is 1.89. The van der Waals surface area contributed by atoms with Gasteiger partial charge in [-0.1, -0.05) is 0 Å². The Kier molecular flexibility index (Phi) is 1.17. The second-order valence-corrected chi connectivity index (χ2v) is 3.33. The third-order valence-electron chi connectivity index (χ3n) is 2.54. The number of rotatable bonds is 0. The van der Waals surface area contributed by atoms with Crippen molar-refractivity contribution in [3.05, 3.63) is 28.4 Å². The molecule has 4 heteroatoms. The van der Waals surface area contributed by atoms with Crippen LogP contribution in [0, 0.1) is 0 Å². The third-order valence-corrected chi connectivity index (χ3v) is 2.54. The normalized spacial score (nSPS) is 15.1. The van der Waals surface area contributed by atoms with Crippen LogP contribution in [0.3, 0.4) is 0 Å². The van der Waals surface area contributed by atoms with Gasteiger partial charge in [-0.05, 0) is 12.5 Å². The van der Waals surface area contributed by atoms with Gasteiger partial charge in [-0.3, -0.25) is 9.36 Å². The number of H-pyrrole nitrogens is 1. The van der Waals surface area contributed by atoms with Crippen molar-refractivity contribution in [2.75, 3.05) is 0 Å². The van der Waals surface area contributed by atoms with E-state index in [1.165, 1.54) is 0 Å². The summed E-state index contributed by atoms with van der Waals surface area (Å²) in [6, 6.07) is 1.79. The van der Waals surface area contributed by atoms with E-state index in [9.17, 15) is 4.79 Å². The third kappa shape index (κ3) is 0.798. The molecule has 2 aromatic heterocycles. The zero-order chi connectivity index (χ0) is 8.84. The second kappa shape index (κ2) is 2.22. The van der Waals surface area contributed by atoms with E-state index in [2.05, 4.69) is 9.97 Å². The van der Waals surface area contributed by atoms with E-state index in [4.69, 9.17) is 0 Å². The Morgan fingerprint density at radius 2 is 2.46 bits per heavy atom. The largest absolute Gasteiger partial charge is 0.346 e. The highest BCUT2D eigenvalue weighted by molar-refractivity contribution is 5.74. The van der Waals surface area contributed by atoms with Gasteiger partial charge >= 0.3 is 0 Å². The highest BCUT2D eigenvalue weighted by Crippen LogP contribution is 2.12. The van der Waals surface area contributed by atoms with Gasteiger partial charge in [0.1, 0.15) is 11.5 Å². The summed E-state index contributed by atoms with van der Waals surface area (Å²) in [5.41, 5.74) is 0.817. The van der Waals surface area contributed by atoms with Crippen molar-refractivity contribution in [1.29, 1.82) is 0 Å². The number of aromatic nitrogens is 3. The highest BCUT2D eigenvalue weighted by atomic mass is 16.1. The Bertz CT molecular complexity index is 523. The van der Waals surface area contributed by atoms with Crippen LogP contribution in [0.15, 0.2) is 17.1 Å². The van der Waals surface area contributed by atoms with E-state index >= 15 is 0 Å². The van der Waals surface area contributed by atoms with Gasteiger partial charge in [0.15, 0.2) is 0 Å². The predicted molar refractivity (Wildman–Crippen MR) is 48.7 cm³/mol. The van der Waals surface area contributed by atoms with E-state index in [0.717, 1.165) is 30.9 Å². The van der Waals surface area contributed by atoms with Crippen molar-refractivity contribution in [2.24, 2.45) is 0 Å². The smallest absolute Gasteiger partial charge is 0.263 e. The topological polar surface area (TPSA) is 50.7 Å². The predicted octanol–water partition coefficient (Wildman–Crippen LogP) is 0.671. The lowest BCUT2D eigenvalue weighted by atomic mass is 10.3. The maximum absolute atomic E-state index is 11.8. The molecule has 4 nitrogen and oxygen atoms in total. The minimum atomic E-state index is 0.0961. The summed E-state index contributed by atoms with van der Waals surface area (Å²) < 4.78 is 1.77. The van der Waals surface area contributed by atoms with E-state index in [-0.39, 0.29) is 5.56 Å². The van der Waals surface area contributed by atoms with E-state index in [1.54, 1.807) is 16.8 Å². The van der Waals surface area contributed by atoms with Crippen LogP contribution in [0.2, 0.25) is 0 Å². The van der Waals surface area contributed by atoms with Gasteiger partial charge in [0.2, 0.25) is 0 Å². The van der Waals surface area contributed by atoms with Crippen LogP contribution in [0.5, 0.6) is 0 Å². The molecule has 1 aliphatic rings. The summed E-state index contributed by atoms with van der Waals surface area (Å²) in [4.78, 5) is 19.1. The van der Waals surface area contributed by atoms with Crippen molar-refractivity contribution < 1.29 is 0 Å². The van der Waals surface area contributed by atoms with Crippen molar-refractivity contribution in [3.8, 4) is 0 Å². The minimum absolute atomic E-state index is 0.0961. The number of aromatic amines is 1. The summed E-state index contributed by atoms with van der Waals surface area (Å²) in [5, 5.41) is 0.700. The molecule has 0 atom stereocenters. The van der Waals surface area contributed by atoms with Crippen LogP contribution in [-0.2, 0) is 13.0 Å². The number of hydrogen-bond acceptors (Lipinski definition) is 2. The van der Waals surface area contributed by atoms with Gasteiger partial charge in [-0.15, -0.1) is 0 Å². The van der Waals surface area contributed by atoms with Gasteiger partial charge in [0.25, 0.3) is 5.56 Å². The Labute approximate surface area is 74.2 Å². The summed E-state index contributed by atoms with van der Waals surface area (Å²) in [6.07, 6.45) is 3.72. The summed E-state index contributed by atoms with van der Waals surface area (Å²) >= 11 is 0. The lowest BCUT2D eigenvalue weighted by Gasteiger charge is -2.00. The van der Waals surface area contributed by atoms with Crippen molar-refractivity contribution in [2.45, 2.75) is 19.4 Å². The van der Waals surface area contributed by atoms with Crippen molar-refractivity contribution in [1.82, 2.24) is 14.5 Å². The molecular formula is C9H9N3O. The molecule has 3 rings (SSSR count). The van der Waals surface area contributed by atoms with Gasteiger partial charge in [-0.25, -0.2) is 4.98 Å². The average Bonchev–Trinajstić information content (AvgIpc) is 2.71. The molecule has 0 aliphatic carbocycles. The first-order valence-electron chi connectivity index (χ1n) is 4.43. The maximum atomic E-state index is 11.8. The van der Waals surface area contributed by atoms with E-state index in [1.807, 2.05) is 0 Å². The quantitative estimate of drug-likeness (QED) is 0.639. The molecule has 0 bridgehead atoms. The fraction of sp³-hybridized carbons (Fsp3) is 0.333. The first kappa shape index (κ1) is 6.88. The van der Waals surface area contributed by atoms with Crippen LogP contribution >= 0.6 is 0 Å².